The highest BCUT2D eigenvalue weighted by atomic mass is 32.1. The molecule has 0 aliphatic rings. The lowest BCUT2D eigenvalue weighted by Crippen LogP contribution is -2.34. The van der Waals surface area contributed by atoms with Gasteiger partial charge in [-0.3, -0.25) is 10.1 Å². The van der Waals surface area contributed by atoms with Crippen LogP contribution in [0.1, 0.15) is 30.1 Å². The molecule has 7 nitrogen and oxygen atoms in total. The lowest BCUT2D eigenvalue weighted by atomic mass is 10.2. The van der Waals surface area contributed by atoms with Crippen molar-refractivity contribution in [1.82, 2.24) is 15.3 Å². The van der Waals surface area contributed by atoms with Gasteiger partial charge < -0.3 is 20.0 Å². The summed E-state index contributed by atoms with van der Waals surface area (Å²) < 4.78 is 5.58. The SMILES string of the molecule is CCCCOc1ccc(C(=O)NC(=S)Nc2ccc3[nH]c(=O)[nH]c3c2)cc1. The molecule has 0 fully saturated rings. The van der Waals surface area contributed by atoms with Crippen LogP contribution in [0.5, 0.6) is 5.75 Å². The summed E-state index contributed by atoms with van der Waals surface area (Å²) in [6, 6.07) is 12.1. The Hall–Kier alpha value is -3.13. The van der Waals surface area contributed by atoms with Gasteiger partial charge in [0.1, 0.15) is 5.75 Å². The van der Waals surface area contributed by atoms with Crippen molar-refractivity contribution in [2.75, 3.05) is 11.9 Å². The molecule has 0 saturated carbocycles. The number of ether oxygens (including phenoxy) is 1. The number of aromatic amines is 2. The first-order chi connectivity index (χ1) is 13.0. The number of anilines is 1. The number of carbonyl (C=O) groups is 1. The summed E-state index contributed by atoms with van der Waals surface area (Å²) in [4.78, 5) is 28.9. The molecule has 140 valence electrons. The number of rotatable bonds is 6. The van der Waals surface area contributed by atoms with Gasteiger partial charge in [-0.15, -0.1) is 0 Å². The fraction of sp³-hybridized carbons (Fsp3) is 0.211. The van der Waals surface area contributed by atoms with E-state index in [1.165, 1.54) is 0 Å². The third-order valence-corrected chi connectivity index (χ3v) is 4.09. The van der Waals surface area contributed by atoms with Crippen LogP contribution in [0.15, 0.2) is 47.3 Å². The van der Waals surface area contributed by atoms with Crippen LogP contribution in [-0.2, 0) is 0 Å². The van der Waals surface area contributed by atoms with Gasteiger partial charge in [0.2, 0.25) is 0 Å². The topological polar surface area (TPSA) is 99.0 Å². The molecule has 3 rings (SSSR count). The molecule has 0 radical (unpaired) electrons. The number of aromatic nitrogens is 2. The average Bonchev–Trinajstić information content (AvgIpc) is 3.01. The maximum absolute atomic E-state index is 12.3. The van der Waals surface area contributed by atoms with E-state index in [1.807, 2.05) is 0 Å². The number of benzene rings is 2. The molecule has 0 unspecified atom stereocenters. The second kappa shape index (κ2) is 8.50. The molecule has 1 heterocycles. The van der Waals surface area contributed by atoms with Crippen LogP contribution >= 0.6 is 12.2 Å². The summed E-state index contributed by atoms with van der Waals surface area (Å²) in [7, 11) is 0. The van der Waals surface area contributed by atoms with Crippen LogP contribution < -0.4 is 21.1 Å². The van der Waals surface area contributed by atoms with Crippen LogP contribution in [-0.4, -0.2) is 27.6 Å². The number of imidazole rings is 1. The highest BCUT2D eigenvalue weighted by Crippen LogP contribution is 2.15. The Morgan fingerprint density at radius 2 is 1.85 bits per heavy atom. The summed E-state index contributed by atoms with van der Waals surface area (Å²) in [6.07, 6.45) is 2.06. The van der Waals surface area contributed by atoms with Gasteiger partial charge in [-0.05, 0) is 61.1 Å². The minimum absolute atomic E-state index is 0.167. The smallest absolute Gasteiger partial charge is 0.323 e. The molecule has 1 aromatic heterocycles. The third kappa shape index (κ3) is 4.95. The zero-order chi connectivity index (χ0) is 19.2. The minimum Gasteiger partial charge on any atom is -0.494 e. The number of thiocarbonyl (C=S) groups is 1. The van der Waals surface area contributed by atoms with Crippen molar-refractivity contribution >= 4 is 40.0 Å². The van der Waals surface area contributed by atoms with E-state index in [0.29, 0.717) is 28.9 Å². The largest absolute Gasteiger partial charge is 0.494 e. The zero-order valence-electron chi connectivity index (χ0n) is 14.8. The second-order valence-electron chi connectivity index (χ2n) is 5.97. The molecular weight excluding hydrogens is 364 g/mol. The number of nitrogens with one attached hydrogen (secondary N) is 4. The summed E-state index contributed by atoms with van der Waals surface area (Å²) in [5.74, 6) is 0.415. The highest BCUT2D eigenvalue weighted by Gasteiger charge is 2.09. The monoisotopic (exact) mass is 384 g/mol. The Bertz CT molecular complexity index is 1010. The maximum Gasteiger partial charge on any atom is 0.323 e. The first-order valence-corrected chi connectivity index (χ1v) is 9.03. The molecular formula is C19H20N4O3S. The molecule has 0 aliphatic carbocycles. The first kappa shape index (κ1) is 18.7. The molecule has 3 aromatic rings. The Morgan fingerprint density at radius 3 is 2.59 bits per heavy atom. The zero-order valence-corrected chi connectivity index (χ0v) is 15.6. The van der Waals surface area contributed by atoms with E-state index in [9.17, 15) is 9.59 Å². The summed E-state index contributed by atoms with van der Waals surface area (Å²) in [5, 5.41) is 5.73. The van der Waals surface area contributed by atoms with Gasteiger partial charge in [-0.1, -0.05) is 13.3 Å². The number of hydrogen-bond acceptors (Lipinski definition) is 4. The molecule has 0 saturated heterocycles. The molecule has 1 amide bonds. The summed E-state index contributed by atoms with van der Waals surface area (Å²) in [6.45, 7) is 2.76. The van der Waals surface area contributed by atoms with Gasteiger partial charge in [0.05, 0.1) is 17.6 Å². The Morgan fingerprint density at radius 1 is 1.11 bits per heavy atom. The van der Waals surface area contributed by atoms with E-state index in [1.54, 1.807) is 42.5 Å². The van der Waals surface area contributed by atoms with E-state index in [2.05, 4.69) is 27.5 Å². The fourth-order valence-corrected chi connectivity index (χ4v) is 2.70. The van der Waals surface area contributed by atoms with Crippen LogP contribution in [0, 0.1) is 0 Å². The fourth-order valence-electron chi connectivity index (χ4n) is 2.48. The van der Waals surface area contributed by atoms with E-state index in [-0.39, 0.29) is 16.7 Å². The van der Waals surface area contributed by atoms with Crippen molar-refractivity contribution in [2.24, 2.45) is 0 Å². The van der Waals surface area contributed by atoms with Gasteiger partial charge >= 0.3 is 5.69 Å². The molecule has 2 aromatic carbocycles. The Balaban J connectivity index is 1.57. The quantitative estimate of drug-likeness (QED) is 0.386. The van der Waals surface area contributed by atoms with Crippen LogP contribution in [0.2, 0.25) is 0 Å². The number of unbranched alkanes of at least 4 members (excludes halogenated alkanes) is 1. The predicted octanol–water partition coefficient (Wildman–Crippen LogP) is 3.16. The molecule has 4 N–H and O–H groups in total. The number of hydrogen-bond donors (Lipinski definition) is 4. The highest BCUT2D eigenvalue weighted by molar-refractivity contribution is 7.80. The molecule has 0 spiro atoms. The molecule has 27 heavy (non-hydrogen) atoms. The third-order valence-electron chi connectivity index (χ3n) is 3.88. The number of fused-ring (bicyclic) bond motifs is 1. The van der Waals surface area contributed by atoms with Crippen molar-refractivity contribution < 1.29 is 9.53 Å². The maximum atomic E-state index is 12.3. The van der Waals surface area contributed by atoms with Crippen molar-refractivity contribution in [1.29, 1.82) is 0 Å². The second-order valence-corrected chi connectivity index (χ2v) is 6.38. The number of carbonyl (C=O) groups excluding carboxylic acids is 1. The number of H-pyrrole nitrogens is 2. The van der Waals surface area contributed by atoms with Gasteiger partial charge in [0, 0.05) is 11.3 Å². The predicted molar refractivity (Wildman–Crippen MR) is 109 cm³/mol. The van der Waals surface area contributed by atoms with Crippen LogP contribution in [0.4, 0.5) is 5.69 Å². The average molecular weight is 384 g/mol. The molecule has 8 heteroatoms. The summed E-state index contributed by atoms with van der Waals surface area (Å²) >= 11 is 5.19. The molecule has 0 aliphatic heterocycles. The van der Waals surface area contributed by atoms with Gasteiger partial charge in [-0.2, -0.15) is 0 Å². The minimum atomic E-state index is -0.316. The number of amides is 1. The van der Waals surface area contributed by atoms with E-state index in [0.717, 1.165) is 18.6 Å². The lowest BCUT2D eigenvalue weighted by molar-refractivity contribution is 0.0977. The van der Waals surface area contributed by atoms with Crippen LogP contribution in [0.3, 0.4) is 0 Å². The van der Waals surface area contributed by atoms with Gasteiger partial charge in [0.25, 0.3) is 5.91 Å². The lowest BCUT2D eigenvalue weighted by Gasteiger charge is -2.10. The van der Waals surface area contributed by atoms with E-state index >= 15 is 0 Å². The first-order valence-electron chi connectivity index (χ1n) is 8.62. The molecule has 0 bridgehead atoms. The van der Waals surface area contributed by atoms with Crippen molar-refractivity contribution in [3.8, 4) is 5.75 Å². The normalized spacial score (nSPS) is 10.6. The van der Waals surface area contributed by atoms with E-state index < -0.39 is 0 Å². The van der Waals surface area contributed by atoms with Crippen molar-refractivity contribution in [2.45, 2.75) is 19.8 Å². The standard InChI is InChI=1S/C19H20N4O3S/c1-2-3-10-26-14-7-4-12(5-8-14)17(24)23-19(27)20-13-6-9-15-16(11-13)22-18(25)21-15/h4-9,11H,2-3,10H2,1H3,(H2,21,22,25)(H2,20,23,24,27). The van der Waals surface area contributed by atoms with Crippen LogP contribution in [0.25, 0.3) is 11.0 Å². The summed E-state index contributed by atoms with van der Waals surface area (Å²) in [5.41, 5.74) is 2.20. The van der Waals surface area contributed by atoms with Crippen molar-refractivity contribution in [3.05, 3.63) is 58.5 Å². The Labute approximate surface area is 161 Å². The Kier molecular flexibility index (Phi) is 5.87. The molecule has 0 atom stereocenters. The van der Waals surface area contributed by atoms with Gasteiger partial charge in [-0.25, -0.2) is 4.79 Å². The van der Waals surface area contributed by atoms with E-state index in [4.69, 9.17) is 17.0 Å². The van der Waals surface area contributed by atoms with Crippen molar-refractivity contribution in [3.63, 3.8) is 0 Å². The van der Waals surface area contributed by atoms with Gasteiger partial charge in [0.15, 0.2) is 5.11 Å².